The van der Waals surface area contributed by atoms with Gasteiger partial charge >= 0.3 is 0 Å². The Morgan fingerprint density at radius 3 is 2.95 bits per heavy atom. The molecule has 1 aromatic heterocycles. The summed E-state index contributed by atoms with van der Waals surface area (Å²) in [5.41, 5.74) is 4.88. The molecule has 0 saturated heterocycles. The number of imidazole rings is 1. The number of carbonyl (C=O) groups is 1. The molecule has 4 nitrogen and oxygen atoms in total. The van der Waals surface area contributed by atoms with E-state index in [1.54, 1.807) is 11.0 Å². The molecule has 2 aliphatic rings. The molecule has 2 fully saturated rings. The molecule has 1 amide bonds. The lowest BCUT2D eigenvalue weighted by Gasteiger charge is -2.21. The Balaban J connectivity index is 1.56. The van der Waals surface area contributed by atoms with E-state index in [0.29, 0.717) is 5.92 Å². The highest BCUT2D eigenvalue weighted by Crippen LogP contribution is 2.48. The lowest BCUT2D eigenvalue weighted by molar-refractivity contribution is -0.122. The van der Waals surface area contributed by atoms with Crippen molar-refractivity contribution in [2.24, 2.45) is 17.8 Å². The molecule has 2 aliphatic carbocycles. The van der Waals surface area contributed by atoms with Crippen LogP contribution in [0.1, 0.15) is 25.7 Å². The van der Waals surface area contributed by atoms with Crippen LogP contribution in [-0.4, -0.2) is 15.6 Å². The molecule has 2 saturated carbocycles. The molecule has 0 radical (unpaired) electrons. The summed E-state index contributed by atoms with van der Waals surface area (Å²) in [6.07, 6.45) is 6.57. The second-order valence-corrected chi connectivity index (χ2v) is 5.86. The van der Waals surface area contributed by atoms with Gasteiger partial charge in [0.05, 0.1) is 11.0 Å². The Labute approximate surface area is 111 Å². The molecule has 3 atom stereocenters. The maximum absolute atomic E-state index is 12.4. The highest BCUT2D eigenvalue weighted by Gasteiger charge is 2.43. The van der Waals surface area contributed by atoms with Gasteiger partial charge in [-0.3, -0.25) is 10.2 Å². The second kappa shape index (κ2) is 4.08. The number of benzene rings is 1. The fourth-order valence-corrected chi connectivity index (χ4v) is 3.82. The quantitative estimate of drug-likeness (QED) is 0.896. The normalized spacial score (nSPS) is 28.9. The number of rotatable bonds is 2. The first-order valence-corrected chi connectivity index (χ1v) is 7.04. The van der Waals surface area contributed by atoms with Gasteiger partial charge in [-0.2, -0.15) is 0 Å². The Kier molecular flexibility index (Phi) is 2.37. The van der Waals surface area contributed by atoms with E-state index in [4.69, 9.17) is 0 Å². The number of fused-ring (bicyclic) bond motifs is 3. The molecule has 98 valence electrons. The van der Waals surface area contributed by atoms with Gasteiger partial charge in [-0.1, -0.05) is 18.6 Å². The van der Waals surface area contributed by atoms with Crippen molar-refractivity contribution in [3.63, 3.8) is 0 Å². The molecule has 2 aromatic rings. The summed E-state index contributed by atoms with van der Waals surface area (Å²) < 4.78 is 1.75. The van der Waals surface area contributed by atoms with Crippen molar-refractivity contribution in [1.29, 1.82) is 0 Å². The van der Waals surface area contributed by atoms with Crippen LogP contribution in [0.2, 0.25) is 0 Å². The van der Waals surface area contributed by atoms with Crippen molar-refractivity contribution in [2.45, 2.75) is 25.7 Å². The predicted molar refractivity (Wildman–Crippen MR) is 73.0 cm³/mol. The van der Waals surface area contributed by atoms with E-state index in [2.05, 4.69) is 10.4 Å². The van der Waals surface area contributed by atoms with Crippen LogP contribution >= 0.6 is 0 Å². The minimum absolute atomic E-state index is 0.162. The molecular formula is C15H17N3O. The van der Waals surface area contributed by atoms with Gasteiger partial charge in [-0.25, -0.2) is 9.66 Å². The van der Waals surface area contributed by atoms with Crippen LogP contribution in [0.15, 0.2) is 30.6 Å². The maximum atomic E-state index is 12.4. The smallest absolute Gasteiger partial charge is 0.242 e. The monoisotopic (exact) mass is 255 g/mol. The van der Waals surface area contributed by atoms with Crippen molar-refractivity contribution < 1.29 is 4.79 Å². The van der Waals surface area contributed by atoms with E-state index < -0.39 is 0 Å². The second-order valence-electron chi connectivity index (χ2n) is 5.86. The summed E-state index contributed by atoms with van der Waals surface area (Å²) in [5, 5.41) is 0. The third kappa shape index (κ3) is 1.74. The Bertz CT molecular complexity index is 633. The summed E-state index contributed by atoms with van der Waals surface area (Å²) in [6, 6.07) is 7.85. The van der Waals surface area contributed by atoms with Crippen molar-refractivity contribution in [3.05, 3.63) is 30.6 Å². The molecule has 1 aromatic carbocycles. The standard InChI is InChI=1S/C15H17N3O/c19-15(12-8-10-5-6-11(12)7-10)17-18-9-16-13-3-1-2-4-14(13)18/h1-4,9-12H,5-8H2,(H,17,19). The summed E-state index contributed by atoms with van der Waals surface area (Å²) in [7, 11) is 0. The lowest BCUT2D eigenvalue weighted by Crippen LogP contribution is -2.32. The van der Waals surface area contributed by atoms with E-state index >= 15 is 0 Å². The topological polar surface area (TPSA) is 46.9 Å². The minimum atomic E-state index is 0.162. The Morgan fingerprint density at radius 1 is 1.26 bits per heavy atom. The average molecular weight is 255 g/mol. The van der Waals surface area contributed by atoms with Crippen LogP contribution in [0.3, 0.4) is 0 Å². The molecule has 3 unspecified atom stereocenters. The number of carbonyl (C=O) groups excluding carboxylic acids is 1. The highest BCUT2D eigenvalue weighted by atomic mass is 16.2. The zero-order valence-electron chi connectivity index (χ0n) is 10.7. The van der Waals surface area contributed by atoms with E-state index in [9.17, 15) is 4.79 Å². The number of hydrogen-bond acceptors (Lipinski definition) is 2. The Hall–Kier alpha value is -1.84. The van der Waals surface area contributed by atoms with Gasteiger partial charge in [-0.05, 0) is 43.2 Å². The van der Waals surface area contributed by atoms with Crippen LogP contribution in [-0.2, 0) is 4.79 Å². The highest BCUT2D eigenvalue weighted by molar-refractivity contribution is 5.88. The zero-order chi connectivity index (χ0) is 12.8. The van der Waals surface area contributed by atoms with Gasteiger partial charge in [-0.15, -0.1) is 0 Å². The molecular weight excluding hydrogens is 238 g/mol. The van der Waals surface area contributed by atoms with E-state index in [1.807, 2.05) is 24.3 Å². The number of nitrogens with zero attached hydrogens (tertiary/aromatic N) is 2. The predicted octanol–water partition coefficient (Wildman–Crippen LogP) is 2.54. The van der Waals surface area contributed by atoms with Crippen LogP contribution < -0.4 is 5.43 Å². The molecule has 1 N–H and O–H groups in total. The van der Waals surface area contributed by atoms with E-state index in [-0.39, 0.29) is 11.8 Å². The number of hydrogen-bond donors (Lipinski definition) is 1. The van der Waals surface area contributed by atoms with Crippen molar-refractivity contribution in [3.8, 4) is 0 Å². The first kappa shape index (κ1) is 11.0. The SMILES string of the molecule is O=C(Nn1cnc2ccccc21)C1CC2CCC1C2. The van der Waals surface area contributed by atoms with E-state index in [0.717, 1.165) is 23.4 Å². The van der Waals surface area contributed by atoms with E-state index in [1.165, 1.54) is 19.3 Å². The molecule has 1 heterocycles. The lowest BCUT2D eigenvalue weighted by atomic mass is 9.88. The molecule has 0 aliphatic heterocycles. The van der Waals surface area contributed by atoms with Gasteiger partial charge in [0.25, 0.3) is 0 Å². The number of para-hydroxylation sites is 2. The van der Waals surface area contributed by atoms with Crippen molar-refractivity contribution >= 4 is 16.9 Å². The molecule has 2 bridgehead atoms. The summed E-state index contributed by atoms with van der Waals surface area (Å²) in [4.78, 5) is 16.7. The third-order valence-electron chi connectivity index (χ3n) is 4.76. The average Bonchev–Trinajstić information content (AvgIpc) is 3.14. The van der Waals surface area contributed by atoms with Crippen molar-refractivity contribution in [1.82, 2.24) is 9.66 Å². The first-order chi connectivity index (χ1) is 9.31. The van der Waals surface area contributed by atoms with Crippen molar-refractivity contribution in [2.75, 3.05) is 5.43 Å². The van der Waals surface area contributed by atoms with Crippen LogP contribution in [0.5, 0.6) is 0 Å². The minimum Gasteiger partial charge on any atom is -0.273 e. The number of aromatic nitrogens is 2. The summed E-state index contributed by atoms with van der Waals surface area (Å²) in [6.45, 7) is 0. The maximum Gasteiger partial charge on any atom is 0.242 e. The fourth-order valence-electron chi connectivity index (χ4n) is 3.82. The zero-order valence-corrected chi connectivity index (χ0v) is 10.7. The first-order valence-electron chi connectivity index (χ1n) is 7.04. The summed E-state index contributed by atoms with van der Waals surface area (Å²) >= 11 is 0. The van der Waals surface area contributed by atoms with Crippen LogP contribution in [0.4, 0.5) is 0 Å². The third-order valence-corrected chi connectivity index (χ3v) is 4.76. The van der Waals surface area contributed by atoms with Crippen LogP contribution in [0, 0.1) is 17.8 Å². The van der Waals surface area contributed by atoms with Crippen LogP contribution in [0.25, 0.3) is 11.0 Å². The summed E-state index contributed by atoms with van der Waals surface area (Å²) in [5.74, 6) is 1.77. The molecule has 4 heteroatoms. The Morgan fingerprint density at radius 2 is 2.16 bits per heavy atom. The largest absolute Gasteiger partial charge is 0.273 e. The van der Waals surface area contributed by atoms with Gasteiger partial charge in [0.1, 0.15) is 6.33 Å². The number of amides is 1. The van der Waals surface area contributed by atoms with Gasteiger partial charge in [0.2, 0.25) is 5.91 Å². The van der Waals surface area contributed by atoms with Gasteiger partial charge in [0, 0.05) is 5.92 Å². The molecule has 19 heavy (non-hydrogen) atoms. The molecule has 0 spiro atoms. The number of nitrogens with one attached hydrogen (secondary N) is 1. The van der Waals surface area contributed by atoms with Gasteiger partial charge in [0.15, 0.2) is 0 Å². The van der Waals surface area contributed by atoms with Gasteiger partial charge < -0.3 is 0 Å². The fraction of sp³-hybridized carbons (Fsp3) is 0.467. The molecule has 4 rings (SSSR count).